The fourth-order valence-electron chi connectivity index (χ4n) is 3.41. The molecule has 1 saturated heterocycles. The summed E-state index contributed by atoms with van der Waals surface area (Å²) in [6, 6.07) is 7.65. The number of nitrogens with zero attached hydrogens (tertiary/aromatic N) is 2. The molecule has 1 aromatic heterocycles. The Bertz CT molecular complexity index is 1090. The van der Waals surface area contributed by atoms with Crippen LogP contribution in [0.15, 0.2) is 28.5 Å². The van der Waals surface area contributed by atoms with Crippen LogP contribution in [0, 0.1) is 6.92 Å². The Hall–Kier alpha value is -2.47. The molecule has 0 aliphatic carbocycles. The second-order valence-electron chi connectivity index (χ2n) is 7.23. The van der Waals surface area contributed by atoms with E-state index < -0.39 is 22.0 Å². The van der Waals surface area contributed by atoms with E-state index >= 15 is 0 Å². The molecule has 0 saturated carbocycles. The molecule has 1 aliphatic rings. The van der Waals surface area contributed by atoms with E-state index in [4.69, 9.17) is 14.2 Å². The standard InChI is InChI=1S/C21H26N2O7S2/c1-14-17(19(24)28-3)21(31-18(14)20(25)29-4)32(26,27)22(2)13-15-5-7-16(8-6-15)23-9-11-30-12-10-23/h5-8H,9-13H2,1-4H3. The molecule has 0 unspecified atom stereocenters. The second kappa shape index (κ2) is 9.99. The van der Waals surface area contributed by atoms with Crippen LogP contribution in [0.25, 0.3) is 0 Å². The second-order valence-corrected chi connectivity index (χ2v) is 10.5. The van der Waals surface area contributed by atoms with Gasteiger partial charge in [0.25, 0.3) is 10.0 Å². The van der Waals surface area contributed by atoms with Gasteiger partial charge in [-0.05, 0) is 30.2 Å². The van der Waals surface area contributed by atoms with Gasteiger partial charge in [-0.3, -0.25) is 0 Å². The molecule has 0 radical (unpaired) electrons. The molecule has 11 heteroatoms. The van der Waals surface area contributed by atoms with E-state index in [1.807, 2.05) is 24.3 Å². The minimum atomic E-state index is -4.08. The number of ether oxygens (including phenoxy) is 3. The highest BCUT2D eigenvalue weighted by Crippen LogP contribution is 2.35. The maximum absolute atomic E-state index is 13.3. The van der Waals surface area contributed by atoms with Crippen LogP contribution in [-0.4, -0.2) is 72.2 Å². The van der Waals surface area contributed by atoms with Crippen LogP contribution in [0.4, 0.5) is 5.69 Å². The number of sulfonamides is 1. The summed E-state index contributed by atoms with van der Waals surface area (Å²) in [6.07, 6.45) is 0. The number of hydrogen-bond donors (Lipinski definition) is 0. The zero-order chi connectivity index (χ0) is 23.5. The first-order chi connectivity index (χ1) is 15.2. The van der Waals surface area contributed by atoms with Crippen molar-refractivity contribution in [2.75, 3.05) is 52.5 Å². The third-order valence-electron chi connectivity index (χ3n) is 5.24. The number of hydrogen-bond acceptors (Lipinski definition) is 9. The lowest BCUT2D eigenvalue weighted by molar-refractivity contribution is 0.0596. The van der Waals surface area contributed by atoms with Crippen molar-refractivity contribution in [3.63, 3.8) is 0 Å². The molecule has 1 fully saturated rings. The number of benzene rings is 1. The van der Waals surface area contributed by atoms with Gasteiger partial charge in [0.15, 0.2) is 4.21 Å². The third kappa shape index (κ3) is 4.80. The highest BCUT2D eigenvalue weighted by molar-refractivity contribution is 7.91. The van der Waals surface area contributed by atoms with Crippen molar-refractivity contribution in [2.24, 2.45) is 0 Å². The van der Waals surface area contributed by atoms with Gasteiger partial charge in [-0.1, -0.05) is 12.1 Å². The van der Waals surface area contributed by atoms with Gasteiger partial charge in [0.2, 0.25) is 0 Å². The Labute approximate surface area is 191 Å². The van der Waals surface area contributed by atoms with Crippen molar-refractivity contribution < 1.29 is 32.2 Å². The molecule has 174 valence electrons. The van der Waals surface area contributed by atoms with Crippen LogP contribution >= 0.6 is 11.3 Å². The lowest BCUT2D eigenvalue weighted by atomic mass is 10.2. The molecule has 9 nitrogen and oxygen atoms in total. The molecule has 0 bridgehead atoms. The molecule has 32 heavy (non-hydrogen) atoms. The first kappa shape index (κ1) is 24.2. The summed E-state index contributed by atoms with van der Waals surface area (Å²) >= 11 is 0.706. The monoisotopic (exact) mass is 482 g/mol. The number of esters is 2. The first-order valence-corrected chi connectivity index (χ1v) is 12.1. The maximum atomic E-state index is 13.3. The van der Waals surface area contributed by atoms with Gasteiger partial charge >= 0.3 is 11.9 Å². The Morgan fingerprint density at radius 3 is 2.25 bits per heavy atom. The van der Waals surface area contributed by atoms with Crippen molar-refractivity contribution in [1.29, 1.82) is 0 Å². The fourth-order valence-corrected chi connectivity index (χ4v) is 6.51. The quantitative estimate of drug-likeness (QED) is 0.554. The number of methoxy groups -OCH3 is 2. The predicted octanol–water partition coefficient (Wildman–Crippen LogP) is 2.29. The van der Waals surface area contributed by atoms with E-state index in [0.717, 1.165) is 35.8 Å². The number of thiophene rings is 1. The number of carbonyl (C=O) groups is 2. The summed E-state index contributed by atoms with van der Waals surface area (Å²) in [5.74, 6) is -1.53. The van der Waals surface area contributed by atoms with E-state index in [1.165, 1.54) is 21.1 Å². The zero-order valence-corrected chi connectivity index (χ0v) is 20.0. The SMILES string of the molecule is COC(=O)c1sc(S(=O)(=O)N(C)Cc2ccc(N3CCOCC3)cc2)c(C(=O)OC)c1C. The highest BCUT2D eigenvalue weighted by Gasteiger charge is 2.34. The maximum Gasteiger partial charge on any atom is 0.348 e. The van der Waals surface area contributed by atoms with Crippen LogP contribution in [-0.2, 0) is 30.8 Å². The molecule has 2 heterocycles. The number of carbonyl (C=O) groups excluding carboxylic acids is 2. The summed E-state index contributed by atoms with van der Waals surface area (Å²) in [4.78, 5) is 26.7. The van der Waals surface area contributed by atoms with Crippen molar-refractivity contribution in [1.82, 2.24) is 4.31 Å². The Kier molecular flexibility index (Phi) is 7.55. The highest BCUT2D eigenvalue weighted by atomic mass is 32.2. The average molecular weight is 483 g/mol. The minimum Gasteiger partial charge on any atom is -0.465 e. The lowest BCUT2D eigenvalue weighted by Gasteiger charge is -2.29. The Balaban J connectivity index is 1.87. The van der Waals surface area contributed by atoms with Gasteiger partial charge in [0.05, 0.1) is 33.0 Å². The Morgan fingerprint density at radius 1 is 1.09 bits per heavy atom. The summed E-state index contributed by atoms with van der Waals surface area (Å²) in [5, 5.41) is 0. The minimum absolute atomic E-state index is 0.0507. The van der Waals surface area contributed by atoms with Crippen LogP contribution in [0.3, 0.4) is 0 Å². The van der Waals surface area contributed by atoms with Gasteiger partial charge < -0.3 is 19.1 Å². The van der Waals surface area contributed by atoms with Crippen molar-refractivity contribution in [2.45, 2.75) is 17.7 Å². The summed E-state index contributed by atoms with van der Waals surface area (Å²) in [5.41, 5.74) is 1.91. The number of rotatable bonds is 7. The molecule has 0 atom stereocenters. The lowest BCUT2D eigenvalue weighted by Crippen LogP contribution is -2.36. The van der Waals surface area contributed by atoms with Crippen LogP contribution in [0.5, 0.6) is 0 Å². The van der Waals surface area contributed by atoms with E-state index in [0.29, 0.717) is 24.6 Å². The summed E-state index contributed by atoms with van der Waals surface area (Å²) < 4.78 is 42.4. The van der Waals surface area contributed by atoms with Gasteiger partial charge in [-0.25, -0.2) is 18.0 Å². The van der Waals surface area contributed by atoms with Crippen LogP contribution < -0.4 is 4.90 Å². The number of anilines is 1. The smallest absolute Gasteiger partial charge is 0.348 e. The van der Waals surface area contributed by atoms with Gasteiger partial charge in [0.1, 0.15) is 4.88 Å². The third-order valence-corrected chi connectivity index (χ3v) is 8.81. The van der Waals surface area contributed by atoms with Crippen LogP contribution in [0.1, 0.15) is 31.2 Å². The summed E-state index contributed by atoms with van der Waals surface area (Å²) in [6.45, 7) is 4.57. The summed E-state index contributed by atoms with van der Waals surface area (Å²) in [7, 11) is -0.296. The molecular formula is C21H26N2O7S2. The fraction of sp³-hybridized carbons (Fsp3) is 0.429. The molecular weight excluding hydrogens is 456 g/mol. The molecule has 3 rings (SSSR count). The molecule has 2 aromatic rings. The molecule has 0 spiro atoms. The normalized spacial score (nSPS) is 14.5. The molecule has 0 amide bonds. The largest absolute Gasteiger partial charge is 0.465 e. The van der Waals surface area contributed by atoms with E-state index in [2.05, 4.69) is 4.90 Å². The molecule has 1 aromatic carbocycles. The van der Waals surface area contributed by atoms with Crippen molar-refractivity contribution in [3.8, 4) is 0 Å². The number of morpholine rings is 1. The molecule has 0 N–H and O–H groups in total. The van der Waals surface area contributed by atoms with E-state index in [-0.39, 0.29) is 26.8 Å². The van der Waals surface area contributed by atoms with Gasteiger partial charge in [-0.2, -0.15) is 4.31 Å². The topological polar surface area (TPSA) is 102 Å². The van der Waals surface area contributed by atoms with Crippen LogP contribution in [0.2, 0.25) is 0 Å². The molecule has 1 aliphatic heterocycles. The van der Waals surface area contributed by atoms with E-state index in [9.17, 15) is 18.0 Å². The zero-order valence-electron chi connectivity index (χ0n) is 18.4. The van der Waals surface area contributed by atoms with Gasteiger partial charge in [0, 0.05) is 32.4 Å². The van der Waals surface area contributed by atoms with Gasteiger partial charge in [-0.15, -0.1) is 11.3 Å². The van der Waals surface area contributed by atoms with Crippen molar-refractivity contribution >= 4 is 39.0 Å². The van der Waals surface area contributed by atoms with E-state index in [1.54, 1.807) is 0 Å². The first-order valence-electron chi connectivity index (χ1n) is 9.88. The Morgan fingerprint density at radius 2 is 1.69 bits per heavy atom. The van der Waals surface area contributed by atoms with Crippen molar-refractivity contribution in [3.05, 3.63) is 45.8 Å². The average Bonchev–Trinajstić information content (AvgIpc) is 3.16. The predicted molar refractivity (Wildman–Crippen MR) is 120 cm³/mol.